The Labute approximate surface area is 305 Å². The van der Waals surface area contributed by atoms with Crippen molar-refractivity contribution in [1.82, 2.24) is 4.57 Å². The fourth-order valence-electron chi connectivity index (χ4n) is 8.00. The number of nitrogens with zero attached hydrogens (tertiary/aromatic N) is 2. The number of fused-ring (bicyclic) bond motifs is 9. The molecule has 3 aromatic heterocycles. The van der Waals surface area contributed by atoms with Crippen molar-refractivity contribution in [2.45, 2.75) is 0 Å². The summed E-state index contributed by atoms with van der Waals surface area (Å²) in [5.74, 6) is 0. The molecule has 3 nitrogen and oxygen atoms in total. The first-order valence-corrected chi connectivity index (χ1v) is 19.3. The summed E-state index contributed by atoms with van der Waals surface area (Å²) in [5, 5.41) is 7.45. The number of furan rings is 1. The van der Waals surface area contributed by atoms with E-state index in [1.54, 1.807) is 0 Å². The van der Waals surface area contributed by atoms with E-state index in [2.05, 4.69) is 185 Å². The Balaban J connectivity index is 1.11. The second kappa shape index (κ2) is 11.6. The minimum Gasteiger partial charge on any atom is -0.0602 e. The van der Waals surface area contributed by atoms with Crippen molar-refractivity contribution in [3.8, 4) is 16.8 Å². The van der Waals surface area contributed by atoms with Crippen LogP contribution in [-0.4, -0.2) is 19.1 Å². The summed E-state index contributed by atoms with van der Waals surface area (Å²) in [6.45, 7) is 0. The van der Waals surface area contributed by atoms with E-state index in [1.165, 1.54) is 46.7 Å². The van der Waals surface area contributed by atoms with Gasteiger partial charge in [-0.15, -0.1) is 0 Å². The Hall–Kier alpha value is -6.32. The van der Waals surface area contributed by atoms with E-state index in [4.69, 9.17) is 4.42 Å². The third-order valence-electron chi connectivity index (χ3n) is 10.4. The van der Waals surface area contributed by atoms with E-state index in [-0.39, 0.29) is 0 Å². The van der Waals surface area contributed by atoms with Crippen molar-refractivity contribution in [3.63, 3.8) is 0 Å². The standard InChI is InChI=1S/C48H30N2OSe/c1-2-11-33(12-3-1)50-42-17-7-4-13-36(42)37-28-26-35(30-44(37)50)49(43-18-10-16-41-38-14-5-8-19-45(38)51-48(41)43)34-24-21-31(22-25-34)32-23-27-40-39-15-6-9-20-46(39)52-47(40)29-32/h1-30H. The maximum Gasteiger partial charge on any atom is -0.0380 e. The molecule has 0 atom stereocenters. The van der Waals surface area contributed by atoms with E-state index in [1.807, 2.05) is 6.07 Å². The molecule has 0 aliphatic carbocycles. The molecule has 0 spiro atoms. The van der Waals surface area contributed by atoms with Crippen LogP contribution in [0, 0.1) is 0 Å². The summed E-state index contributed by atoms with van der Waals surface area (Å²) in [5.41, 5.74) is 10.8. The van der Waals surface area contributed by atoms with E-state index >= 15 is 0 Å². The van der Waals surface area contributed by atoms with Crippen LogP contribution >= 0.6 is 0 Å². The minimum absolute atomic E-state index is 0.324. The average Bonchev–Trinajstić information content (AvgIpc) is 3.88. The molecule has 244 valence electrons. The summed E-state index contributed by atoms with van der Waals surface area (Å²) in [6, 6.07) is 65.8. The molecule has 0 fully saturated rings. The van der Waals surface area contributed by atoms with Crippen LogP contribution in [0.1, 0.15) is 0 Å². The molecule has 0 saturated heterocycles. The van der Waals surface area contributed by atoms with Gasteiger partial charge in [0.1, 0.15) is 0 Å². The van der Waals surface area contributed by atoms with Crippen LogP contribution in [0.15, 0.2) is 186 Å². The number of aromatic nitrogens is 1. The number of rotatable bonds is 5. The van der Waals surface area contributed by atoms with Crippen LogP contribution in [0.25, 0.3) is 79.9 Å². The summed E-state index contributed by atoms with van der Waals surface area (Å²) < 4.78 is 12.0. The predicted octanol–water partition coefficient (Wildman–Crippen LogP) is 13.2. The molecule has 11 rings (SSSR count). The minimum atomic E-state index is 0.324. The van der Waals surface area contributed by atoms with E-state index in [0.717, 1.165) is 50.2 Å². The van der Waals surface area contributed by atoms with Crippen molar-refractivity contribution in [3.05, 3.63) is 182 Å². The van der Waals surface area contributed by atoms with E-state index in [0.29, 0.717) is 14.5 Å². The number of benzene rings is 8. The van der Waals surface area contributed by atoms with Crippen LogP contribution in [0.3, 0.4) is 0 Å². The van der Waals surface area contributed by atoms with Crippen molar-refractivity contribution < 1.29 is 4.42 Å². The molecule has 0 radical (unpaired) electrons. The molecule has 4 heteroatoms. The molecule has 0 amide bonds. The Kier molecular flexibility index (Phi) is 6.57. The number of para-hydroxylation sites is 4. The van der Waals surface area contributed by atoms with Gasteiger partial charge >= 0.3 is 212 Å². The van der Waals surface area contributed by atoms with Crippen molar-refractivity contribution in [2.75, 3.05) is 4.90 Å². The smallest absolute Gasteiger partial charge is 0.0380 e. The Morgan fingerprint density at radius 3 is 1.96 bits per heavy atom. The Morgan fingerprint density at radius 2 is 1.08 bits per heavy atom. The van der Waals surface area contributed by atoms with Crippen LogP contribution in [0.2, 0.25) is 0 Å². The van der Waals surface area contributed by atoms with Crippen LogP contribution in [0.5, 0.6) is 0 Å². The van der Waals surface area contributed by atoms with Gasteiger partial charge in [0.15, 0.2) is 0 Å². The van der Waals surface area contributed by atoms with Crippen LogP contribution < -0.4 is 4.90 Å². The summed E-state index contributed by atoms with van der Waals surface area (Å²) in [6.07, 6.45) is 0. The first-order valence-electron chi connectivity index (χ1n) is 17.6. The number of hydrogen-bond acceptors (Lipinski definition) is 2. The molecule has 8 aromatic carbocycles. The van der Waals surface area contributed by atoms with Gasteiger partial charge in [-0.25, -0.2) is 0 Å². The second-order valence-electron chi connectivity index (χ2n) is 13.3. The van der Waals surface area contributed by atoms with Gasteiger partial charge in [0.25, 0.3) is 0 Å². The first kappa shape index (κ1) is 29.4. The molecule has 0 unspecified atom stereocenters. The third kappa shape index (κ3) is 4.52. The largest absolute Gasteiger partial charge is 0.0602 e. The maximum absolute atomic E-state index is 6.65. The van der Waals surface area contributed by atoms with Gasteiger partial charge in [-0.3, -0.25) is 0 Å². The van der Waals surface area contributed by atoms with Gasteiger partial charge in [-0.1, -0.05) is 54.6 Å². The Morgan fingerprint density at radius 1 is 0.423 bits per heavy atom. The monoisotopic (exact) mass is 730 g/mol. The van der Waals surface area contributed by atoms with Crippen LogP contribution in [-0.2, 0) is 0 Å². The molecule has 0 aliphatic heterocycles. The number of anilines is 3. The molecular weight excluding hydrogens is 700 g/mol. The fourth-order valence-corrected chi connectivity index (χ4v) is 10.4. The molecule has 3 heterocycles. The second-order valence-corrected chi connectivity index (χ2v) is 15.6. The zero-order chi connectivity index (χ0) is 34.2. The van der Waals surface area contributed by atoms with E-state index < -0.39 is 0 Å². The topological polar surface area (TPSA) is 21.3 Å². The molecule has 11 aromatic rings. The third-order valence-corrected chi connectivity index (χ3v) is 12.8. The molecule has 0 N–H and O–H groups in total. The normalized spacial score (nSPS) is 11.8. The fraction of sp³-hybridized carbons (Fsp3) is 0. The maximum atomic E-state index is 6.65. The quantitative estimate of drug-likeness (QED) is 0.165. The van der Waals surface area contributed by atoms with Gasteiger partial charge in [0.2, 0.25) is 0 Å². The summed E-state index contributed by atoms with van der Waals surface area (Å²) in [7, 11) is 0. The van der Waals surface area contributed by atoms with E-state index in [9.17, 15) is 0 Å². The predicted molar refractivity (Wildman–Crippen MR) is 220 cm³/mol. The SMILES string of the molecule is c1ccc(-n2c3ccccc3c3ccc(N(c4ccc(-c5ccc6c(c5)[se]c5ccccc56)cc4)c4cccc5c4oc4ccccc45)cc32)cc1. The van der Waals surface area contributed by atoms with Gasteiger partial charge in [-0.2, -0.15) is 0 Å². The summed E-state index contributed by atoms with van der Waals surface area (Å²) >= 11 is 0.324. The molecular formula is C48H30N2OSe. The molecule has 0 saturated carbocycles. The first-order chi connectivity index (χ1) is 25.8. The van der Waals surface area contributed by atoms with Gasteiger partial charge in [-0.05, 0) is 24.3 Å². The van der Waals surface area contributed by atoms with Gasteiger partial charge < -0.3 is 0 Å². The summed E-state index contributed by atoms with van der Waals surface area (Å²) in [4.78, 5) is 2.35. The zero-order valence-electron chi connectivity index (χ0n) is 28.0. The molecule has 0 aliphatic rings. The number of hydrogen-bond donors (Lipinski definition) is 0. The zero-order valence-corrected chi connectivity index (χ0v) is 29.7. The van der Waals surface area contributed by atoms with Gasteiger partial charge in [0, 0.05) is 11.1 Å². The molecule has 0 bridgehead atoms. The Bertz CT molecular complexity index is 3130. The average molecular weight is 730 g/mol. The van der Waals surface area contributed by atoms with Crippen molar-refractivity contribution in [1.29, 1.82) is 0 Å². The van der Waals surface area contributed by atoms with Crippen molar-refractivity contribution >= 4 is 94.6 Å². The van der Waals surface area contributed by atoms with Crippen LogP contribution in [0.4, 0.5) is 17.1 Å². The van der Waals surface area contributed by atoms with Gasteiger partial charge in [0.05, 0.1) is 5.52 Å². The molecule has 52 heavy (non-hydrogen) atoms. The van der Waals surface area contributed by atoms with Crippen molar-refractivity contribution in [2.24, 2.45) is 0 Å².